The predicted molar refractivity (Wildman–Crippen MR) is 57.6 cm³/mol. The summed E-state index contributed by atoms with van der Waals surface area (Å²) in [5.74, 6) is 0.821. The summed E-state index contributed by atoms with van der Waals surface area (Å²) in [6.07, 6.45) is 3.75. The van der Waals surface area contributed by atoms with Gasteiger partial charge in [-0.25, -0.2) is 0 Å². The lowest BCUT2D eigenvalue weighted by Gasteiger charge is -2.29. The van der Waals surface area contributed by atoms with E-state index in [0.717, 1.165) is 19.0 Å². The van der Waals surface area contributed by atoms with E-state index in [1.165, 1.54) is 24.8 Å². The van der Waals surface area contributed by atoms with Gasteiger partial charge in [0.25, 0.3) is 0 Å². The Morgan fingerprint density at radius 2 is 2.38 bits per heavy atom. The molecule has 0 heterocycles. The highest BCUT2D eigenvalue weighted by atomic mass is 15.0. The first-order valence-electron chi connectivity index (χ1n) is 5.17. The maximum absolute atomic E-state index is 5.83. The fourth-order valence-electron chi connectivity index (χ4n) is 2.15. The topological polar surface area (TPSA) is 38.0 Å². The van der Waals surface area contributed by atoms with Gasteiger partial charge in [0.05, 0.1) is 0 Å². The molecule has 0 aromatic carbocycles. The van der Waals surface area contributed by atoms with Crippen molar-refractivity contribution in [3.8, 4) is 0 Å². The summed E-state index contributed by atoms with van der Waals surface area (Å²) in [7, 11) is 0. The lowest BCUT2D eigenvalue weighted by Crippen LogP contribution is -2.49. The maximum Gasteiger partial charge on any atom is 0.0309 e. The third kappa shape index (κ3) is 2.82. The molecule has 2 atom stereocenters. The van der Waals surface area contributed by atoms with E-state index in [-0.39, 0.29) is 5.54 Å². The lowest BCUT2D eigenvalue weighted by atomic mass is 9.96. The zero-order valence-corrected chi connectivity index (χ0v) is 8.90. The van der Waals surface area contributed by atoms with Gasteiger partial charge in [-0.3, -0.25) is 0 Å². The third-order valence-corrected chi connectivity index (χ3v) is 3.01. The smallest absolute Gasteiger partial charge is 0.0309 e. The first-order valence-corrected chi connectivity index (χ1v) is 5.17. The number of hydrogen-bond donors (Lipinski definition) is 2. The molecule has 1 rings (SSSR count). The third-order valence-electron chi connectivity index (χ3n) is 3.01. The van der Waals surface area contributed by atoms with Crippen LogP contribution in [0.5, 0.6) is 0 Å². The van der Waals surface area contributed by atoms with Crippen molar-refractivity contribution in [3.05, 3.63) is 12.2 Å². The van der Waals surface area contributed by atoms with E-state index >= 15 is 0 Å². The van der Waals surface area contributed by atoms with E-state index in [4.69, 9.17) is 5.73 Å². The van der Waals surface area contributed by atoms with E-state index < -0.39 is 0 Å². The molecule has 3 N–H and O–H groups in total. The minimum absolute atomic E-state index is 0.207. The molecule has 13 heavy (non-hydrogen) atoms. The summed E-state index contributed by atoms with van der Waals surface area (Å²) >= 11 is 0. The molecule has 0 bridgehead atoms. The molecule has 0 aliphatic heterocycles. The number of rotatable bonds is 4. The largest absolute Gasteiger partial charge is 0.329 e. The van der Waals surface area contributed by atoms with Gasteiger partial charge in [-0.2, -0.15) is 0 Å². The monoisotopic (exact) mass is 182 g/mol. The molecule has 0 amide bonds. The van der Waals surface area contributed by atoms with Crippen LogP contribution in [-0.2, 0) is 0 Å². The molecule has 0 aromatic rings. The van der Waals surface area contributed by atoms with Crippen molar-refractivity contribution in [2.45, 2.75) is 38.6 Å². The van der Waals surface area contributed by atoms with Crippen LogP contribution in [0.2, 0.25) is 0 Å². The lowest BCUT2D eigenvalue weighted by molar-refractivity contribution is 0.342. The minimum Gasteiger partial charge on any atom is -0.329 e. The van der Waals surface area contributed by atoms with Crippen molar-refractivity contribution in [3.63, 3.8) is 0 Å². The zero-order chi connectivity index (χ0) is 9.90. The molecule has 0 saturated heterocycles. The van der Waals surface area contributed by atoms with Crippen molar-refractivity contribution in [2.75, 3.05) is 13.1 Å². The second kappa shape index (κ2) is 4.25. The Labute approximate surface area is 81.6 Å². The molecule has 2 nitrogen and oxygen atoms in total. The zero-order valence-electron chi connectivity index (χ0n) is 8.90. The highest BCUT2D eigenvalue weighted by Gasteiger charge is 2.35. The molecule has 1 aliphatic rings. The highest BCUT2D eigenvalue weighted by molar-refractivity contribution is 5.00. The molecular weight excluding hydrogens is 160 g/mol. The average molecular weight is 182 g/mol. The maximum atomic E-state index is 5.83. The molecule has 0 radical (unpaired) electrons. The summed E-state index contributed by atoms with van der Waals surface area (Å²) < 4.78 is 0. The van der Waals surface area contributed by atoms with Gasteiger partial charge in [0, 0.05) is 18.6 Å². The fraction of sp³-hybridized carbons (Fsp3) is 0.818. The Morgan fingerprint density at radius 1 is 1.69 bits per heavy atom. The predicted octanol–water partition coefficient (Wildman–Crippen LogP) is 1.67. The second-order valence-electron chi connectivity index (χ2n) is 4.64. The summed E-state index contributed by atoms with van der Waals surface area (Å²) in [6, 6.07) is 0. The van der Waals surface area contributed by atoms with Crippen LogP contribution in [0.1, 0.15) is 33.1 Å². The molecule has 0 spiro atoms. The van der Waals surface area contributed by atoms with Crippen LogP contribution in [0.3, 0.4) is 0 Å². The Balaban J connectivity index is 2.46. The van der Waals surface area contributed by atoms with Crippen LogP contribution in [0.15, 0.2) is 12.2 Å². The summed E-state index contributed by atoms with van der Waals surface area (Å²) in [5.41, 5.74) is 7.22. The van der Waals surface area contributed by atoms with E-state index in [9.17, 15) is 0 Å². The number of hydrogen-bond acceptors (Lipinski definition) is 2. The molecule has 1 saturated carbocycles. The Morgan fingerprint density at radius 3 is 2.77 bits per heavy atom. The summed E-state index contributed by atoms with van der Waals surface area (Å²) in [4.78, 5) is 0. The van der Waals surface area contributed by atoms with Crippen molar-refractivity contribution in [1.29, 1.82) is 0 Å². The first kappa shape index (κ1) is 10.7. The van der Waals surface area contributed by atoms with Crippen LogP contribution in [0, 0.1) is 5.92 Å². The minimum atomic E-state index is 0.207. The molecular formula is C11H22N2. The van der Waals surface area contributed by atoms with Crippen molar-refractivity contribution in [1.82, 2.24) is 5.32 Å². The standard InChI is InChI=1S/C11H22N2/c1-9(2)7-13-11(8-12)5-4-10(3)6-11/h10,13H,1,4-8,12H2,2-3H3. The van der Waals surface area contributed by atoms with Crippen LogP contribution < -0.4 is 11.1 Å². The van der Waals surface area contributed by atoms with E-state index in [0.29, 0.717) is 0 Å². The molecule has 0 aromatic heterocycles. The van der Waals surface area contributed by atoms with Crippen molar-refractivity contribution >= 4 is 0 Å². The molecule has 2 unspecified atom stereocenters. The van der Waals surface area contributed by atoms with Crippen molar-refractivity contribution in [2.24, 2.45) is 11.7 Å². The van der Waals surface area contributed by atoms with Crippen LogP contribution in [0.4, 0.5) is 0 Å². The van der Waals surface area contributed by atoms with E-state index in [1.807, 2.05) is 0 Å². The van der Waals surface area contributed by atoms with Crippen LogP contribution in [0.25, 0.3) is 0 Å². The van der Waals surface area contributed by atoms with Crippen LogP contribution >= 0.6 is 0 Å². The van der Waals surface area contributed by atoms with E-state index in [2.05, 4.69) is 25.7 Å². The average Bonchev–Trinajstić information content (AvgIpc) is 2.45. The number of nitrogens with two attached hydrogens (primary N) is 1. The summed E-state index contributed by atoms with van der Waals surface area (Å²) in [5, 5.41) is 3.55. The van der Waals surface area contributed by atoms with Gasteiger partial charge < -0.3 is 11.1 Å². The summed E-state index contributed by atoms with van der Waals surface area (Å²) in [6.45, 7) is 9.92. The Hall–Kier alpha value is -0.340. The highest BCUT2D eigenvalue weighted by Crippen LogP contribution is 2.33. The van der Waals surface area contributed by atoms with Gasteiger partial charge in [-0.15, -0.1) is 0 Å². The molecule has 1 aliphatic carbocycles. The second-order valence-corrected chi connectivity index (χ2v) is 4.64. The van der Waals surface area contributed by atoms with Gasteiger partial charge in [-0.05, 0) is 32.1 Å². The molecule has 1 fully saturated rings. The van der Waals surface area contributed by atoms with Crippen molar-refractivity contribution < 1.29 is 0 Å². The van der Waals surface area contributed by atoms with Crippen LogP contribution in [-0.4, -0.2) is 18.6 Å². The van der Waals surface area contributed by atoms with Gasteiger partial charge in [0.2, 0.25) is 0 Å². The first-order chi connectivity index (χ1) is 6.08. The number of nitrogens with one attached hydrogen (secondary N) is 1. The van der Waals surface area contributed by atoms with Gasteiger partial charge >= 0.3 is 0 Å². The molecule has 76 valence electrons. The SMILES string of the molecule is C=C(C)CNC1(CN)CCC(C)C1. The Bertz CT molecular complexity index is 189. The van der Waals surface area contributed by atoms with Gasteiger partial charge in [-0.1, -0.05) is 19.1 Å². The van der Waals surface area contributed by atoms with Gasteiger partial charge in [0.1, 0.15) is 0 Å². The molecule has 2 heteroatoms. The van der Waals surface area contributed by atoms with E-state index in [1.54, 1.807) is 0 Å². The van der Waals surface area contributed by atoms with Gasteiger partial charge in [0.15, 0.2) is 0 Å². The quantitative estimate of drug-likeness (QED) is 0.649. The normalized spacial score (nSPS) is 33.6. The fourth-order valence-corrected chi connectivity index (χ4v) is 2.15. The Kier molecular flexibility index (Phi) is 3.51.